The quantitative estimate of drug-likeness (QED) is 0.911. The maximum Gasteiger partial charge on any atom is 0.410 e. The number of nitrogens with one attached hydrogen (secondary N) is 1. The fourth-order valence-electron chi connectivity index (χ4n) is 2.63. The maximum absolute atomic E-state index is 12.2. The van der Waals surface area contributed by atoms with Crippen LogP contribution < -0.4 is 5.32 Å². The number of carbonyl (C=O) groups is 1. The molecule has 0 unspecified atom stereocenters. The van der Waals surface area contributed by atoms with Crippen molar-refractivity contribution in [3.63, 3.8) is 0 Å². The average molecular weight is 340 g/mol. The fourth-order valence-corrected chi connectivity index (χ4v) is 3.45. The Labute approximate surface area is 143 Å². The SMILES string of the molecule is CCc1cnc(CN[C@@H]2CCCN(C(=O)OC(C)(C)C)CC2)s1. The van der Waals surface area contributed by atoms with Gasteiger partial charge in [0.15, 0.2) is 0 Å². The lowest BCUT2D eigenvalue weighted by Crippen LogP contribution is -2.38. The molecule has 1 aliphatic rings. The molecule has 1 aliphatic heterocycles. The van der Waals surface area contributed by atoms with Gasteiger partial charge in [-0.15, -0.1) is 11.3 Å². The lowest BCUT2D eigenvalue weighted by Gasteiger charge is -2.26. The number of aromatic nitrogens is 1. The van der Waals surface area contributed by atoms with Crippen LogP contribution in [0.2, 0.25) is 0 Å². The smallest absolute Gasteiger partial charge is 0.410 e. The van der Waals surface area contributed by atoms with Gasteiger partial charge in [-0.25, -0.2) is 9.78 Å². The second-order valence-corrected chi connectivity index (χ2v) is 8.25. The van der Waals surface area contributed by atoms with Crippen molar-refractivity contribution in [2.45, 2.75) is 71.6 Å². The number of carbonyl (C=O) groups excluding carboxylic acids is 1. The topological polar surface area (TPSA) is 54.5 Å². The van der Waals surface area contributed by atoms with Gasteiger partial charge < -0.3 is 15.0 Å². The highest BCUT2D eigenvalue weighted by atomic mass is 32.1. The first kappa shape index (κ1) is 18.2. The summed E-state index contributed by atoms with van der Waals surface area (Å²) in [5.74, 6) is 0. The highest BCUT2D eigenvalue weighted by molar-refractivity contribution is 7.11. The van der Waals surface area contributed by atoms with Gasteiger partial charge in [-0.2, -0.15) is 0 Å². The van der Waals surface area contributed by atoms with Crippen LogP contribution in [0.1, 0.15) is 56.8 Å². The number of aryl methyl sites for hydroxylation is 1. The summed E-state index contributed by atoms with van der Waals surface area (Å²) in [6.07, 6.45) is 5.89. The predicted molar refractivity (Wildman–Crippen MR) is 93.8 cm³/mol. The van der Waals surface area contributed by atoms with Crippen LogP contribution in [0.3, 0.4) is 0 Å². The van der Waals surface area contributed by atoms with Gasteiger partial charge >= 0.3 is 6.09 Å². The van der Waals surface area contributed by atoms with Gasteiger partial charge in [-0.05, 0) is 46.5 Å². The normalized spacial score (nSPS) is 19.5. The van der Waals surface area contributed by atoms with Gasteiger partial charge in [0.1, 0.15) is 10.6 Å². The third-order valence-corrected chi connectivity index (χ3v) is 5.01. The lowest BCUT2D eigenvalue weighted by molar-refractivity contribution is 0.0256. The Kier molecular flexibility index (Phi) is 6.41. The van der Waals surface area contributed by atoms with E-state index in [2.05, 4.69) is 17.2 Å². The predicted octanol–water partition coefficient (Wildman–Crippen LogP) is 3.58. The largest absolute Gasteiger partial charge is 0.444 e. The molecule has 0 aromatic carbocycles. The Balaban J connectivity index is 1.78. The molecule has 0 bridgehead atoms. The third kappa shape index (κ3) is 6.11. The molecule has 0 saturated carbocycles. The molecule has 1 N–H and O–H groups in total. The summed E-state index contributed by atoms with van der Waals surface area (Å²) >= 11 is 1.78. The summed E-state index contributed by atoms with van der Waals surface area (Å²) in [4.78, 5) is 19.8. The summed E-state index contributed by atoms with van der Waals surface area (Å²) in [6.45, 7) is 10.2. The summed E-state index contributed by atoms with van der Waals surface area (Å²) in [5.41, 5.74) is -0.428. The van der Waals surface area contributed by atoms with Crippen molar-refractivity contribution in [1.29, 1.82) is 0 Å². The van der Waals surface area contributed by atoms with E-state index >= 15 is 0 Å². The molecule has 2 rings (SSSR count). The molecule has 0 aliphatic carbocycles. The Morgan fingerprint density at radius 2 is 2.22 bits per heavy atom. The molecule has 130 valence electrons. The monoisotopic (exact) mass is 339 g/mol. The molecule has 1 aromatic rings. The van der Waals surface area contributed by atoms with Crippen LogP contribution in [0.25, 0.3) is 0 Å². The lowest BCUT2D eigenvalue weighted by atomic mass is 10.1. The second-order valence-electron chi connectivity index (χ2n) is 7.05. The minimum atomic E-state index is -0.428. The standard InChI is InChI=1S/C17H29N3O2S/c1-5-14-11-19-15(23-14)12-18-13-7-6-9-20(10-8-13)16(21)22-17(2,3)4/h11,13,18H,5-10,12H2,1-4H3/t13-/m1/s1. The molecule has 1 fully saturated rings. The maximum atomic E-state index is 12.2. The Morgan fingerprint density at radius 3 is 2.87 bits per heavy atom. The van der Waals surface area contributed by atoms with E-state index in [0.717, 1.165) is 50.3 Å². The highest BCUT2D eigenvalue weighted by Crippen LogP contribution is 2.17. The first-order valence-corrected chi connectivity index (χ1v) is 9.34. The molecule has 1 aromatic heterocycles. The average Bonchev–Trinajstić information content (AvgIpc) is 2.80. The number of hydrogen-bond donors (Lipinski definition) is 1. The minimum absolute atomic E-state index is 0.189. The first-order valence-electron chi connectivity index (χ1n) is 8.52. The van der Waals surface area contributed by atoms with Crippen LogP contribution in [0.15, 0.2) is 6.20 Å². The van der Waals surface area contributed by atoms with Crippen LogP contribution in [0.4, 0.5) is 4.79 Å². The van der Waals surface area contributed by atoms with Crippen LogP contribution in [0.5, 0.6) is 0 Å². The molecule has 5 nitrogen and oxygen atoms in total. The van der Waals surface area contributed by atoms with Crippen molar-refractivity contribution in [3.8, 4) is 0 Å². The molecule has 1 amide bonds. The zero-order valence-corrected chi connectivity index (χ0v) is 15.5. The highest BCUT2D eigenvalue weighted by Gasteiger charge is 2.25. The minimum Gasteiger partial charge on any atom is -0.444 e. The van der Waals surface area contributed by atoms with Crippen LogP contribution in [-0.4, -0.2) is 40.7 Å². The number of rotatable bonds is 4. The summed E-state index contributed by atoms with van der Waals surface area (Å²) in [5, 5.41) is 4.74. The Bertz CT molecular complexity index is 510. The summed E-state index contributed by atoms with van der Waals surface area (Å²) in [7, 11) is 0. The van der Waals surface area contributed by atoms with Gasteiger partial charge in [0.25, 0.3) is 0 Å². The first-order chi connectivity index (χ1) is 10.9. The van der Waals surface area contributed by atoms with E-state index in [1.54, 1.807) is 11.3 Å². The number of amides is 1. The third-order valence-electron chi connectivity index (χ3n) is 3.87. The van der Waals surface area contributed by atoms with E-state index < -0.39 is 5.60 Å². The number of thiazole rings is 1. The fraction of sp³-hybridized carbons (Fsp3) is 0.765. The molecule has 6 heteroatoms. The number of ether oxygens (including phenoxy) is 1. The number of nitrogens with zero attached hydrogens (tertiary/aromatic N) is 2. The van der Waals surface area contributed by atoms with Gasteiger partial charge in [0, 0.05) is 36.8 Å². The Hall–Kier alpha value is -1.14. The summed E-state index contributed by atoms with van der Waals surface area (Å²) in [6, 6.07) is 0.441. The molecule has 0 spiro atoms. The molecule has 0 radical (unpaired) electrons. The van der Waals surface area contributed by atoms with Gasteiger partial charge in [-0.1, -0.05) is 6.92 Å². The van der Waals surface area contributed by atoms with E-state index in [1.165, 1.54) is 4.88 Å². The number of likely N-dealkylation sites (tertiary alicyclic amines) is 1. The van der Waals surface area contributed by atoms with Gasteiger partial charge in [-0.3, -0.25) is 0 Å². The van der Waals surface area contributed by atoms with Crippen molar-refractivity contribution in [3.05, 3.63) is 16.1 Å². The van der Waals surface area contributed by atoms with Crippen molar-refractivity contribution in [2.75, 3.05) is 13.1 Å². The molecule has 23 heavy (non-hydrogen) atoms. The van der Waals surface area contributed by atoms with Crippen molar-refractivity contribution in [1.82, 2.24) is 15.2 Å². The second kappa shape index (κ2) is 8.11. The molecule has 2 heterocycles. The van der Waals surface area contributed by atoms with Crippen molar-refractivity contribution in [2.24, 2.45) is 0 Å². The van der Waals surface area contributed by atoms with E-state index in [1.807, 2.05) is 31.9 Å². The van der Waals surface area contributed by atoms with Crippen LogP contribution >= 0.6 is 11.3 Å². The van der Waals surface area contributed by atoms with E-state index in [0.29, 0.717) is 6.04 Å². The Morgan fingerprint density at radius 1 is 1.43 bits per heavy atom. The van der Waals surface area contributed by atoms with Crippen molar-refractivity contribution < 1.29 is 9.53 Å². The van der Waals surface area contributed by atoms with Crippen molar-refractivity contribution >= 4 is 17.4 Å². The van der Waals surface area contributed by atoms with E-state index in [9.17, 15) is 4.79 Å². The number of hydrogen-bond acceptors (Lipinski definition) is 5. The molecule has 1 atom stereocenters. The molecular formula is C17H29N3O2S. The molecule has 1 saturated heterocycles. The molecular weight excluding hydrogens is 310 g/mol. The zero-order chi connectivity index (χ0) is 16.9. The summed E-state index contributed by atoms with van der Waals surface area (Å²) < 4.78 is 5.47. The van der Waals surface area contributed by atoms with E-state index in [4.69, 9.17) is 4.74 Å². The van der Waals surface area contributed by atoms with Crippen LogP contribution in [-0.2, 0) is 17.7 Å². The van der Waals surface area contributed by atoms with Gasteiger partial charge in [0.2, 0.25) is 0 Å². The van der Waals surface area contributed by atoms with Gasteiger partial charge in [0.05, 0.1) is 0 Å². The van der Waals surface area contributed by atoms with E-state index in [-0.39, 0.29) is 6.09 Å². The zero-order valence-electron chi connectivity index (χ0n) is 14.7. The van der Waals surface area contributed by atoms with Crippen LogP contribution in [0, 0.1) is 0 Å².